The number of hydrogen-bond donors (Lipinski definition) is 2. The Bertz CT molecular complexity index is 319. The molecule has 5 nitrogen and oxygen atoms in total. The number of carboxylic acids is 1. The summed E-state index contributed by atoms with van der Waals surface area (Å²) in [6.07, 6.45) is 5.56. The zero-order valence-corrected chi connectivity index (χ0v) is 10.6. The Labute approximate surface area is 107 Å². The van der Waals surface area contributed by atoms with Crippen molar-refractivity contribution in [3.63, 3.8) is 0 Å². The van der Waals surface area contributed by atoms with E-state index in [0.29, 0.717) is 19.4 Å². The molecule has 0 spiro atoms. The van der Waals surface area contributed by atoms with E-state index in [-0.39, 0.29) is 18.4 Å². The maximum absolute atomic E-state index is 11.8. The molecule has 1 saturated heterocycles. The van der Waals surface area contributed by atoms with Gasteiger partial charge < -0.3 is 15.2 Å². The highest BCUT2D eigenvalue weighted by Crippen LogP contribution is 2.44. The van der Waals surface area contributed by atoms with Gasteiger partial charge in [0, 0.05) is 19.6 Å². The van der Waals surface area contributed by atoms with Gasteiger partial charge >= 0.3 is 5.97 Å². The van der Waals surface area contributed by atoms with Crippen LogP contribution in [0.3, 0.4) is 0 Å². The molecule has 0 radical (unpaired) electrons. The van der Waals surface area contributed by atoms with Gasteiger partial charge in [0.15, 0.2) is 0 Å². The lowest BCUT2D eigenvalue weighted by Crippen LogP contribution is -2.44. The first-order valence-corrected chi connectivity index (χ1v) is 6.74. The van der Waals surface area contributed by atoms with Gasteiger partial charge in [-0.25, -0.2) is 0 Å². The highest BCUT2D eigenvalue weighted by Gasteiger charge is 2.45. The summed E-state index contributed by atoms with van der Waals surface area (Å²) >= 11 is 0. The molecule has 1 aliphatic heterocycles. The van der Waals surface area contributed by atoms with Crippen LogP contribution in [0.15, 0.2) is 0 Å². The quantitative estimate of drug-likeness (QED) is 0.776. The summed E-state index contributed by atoms with van der Waals surface area (Å²) < 4.78 is 5.52. The zero-order valence-electron chi connectivity index (χ0n) is 10.6. The molecule has 2 fully saturated rings. The van der Waals surface area contributed by atoms with Gasteiger partial charge in [0.05, 0.1) is 11.5 Å². The number of ether oxygens (including phenoxy) is 1. The fourth-order valence-corrected chi connectivity index (χ4v) is 2.64. The van der Waals surface area contributed by atoms with E-state index in [1.54, 1.807) is 0 Å². The van der Waals surface area contributed by atoms with Gasteiger partial charge in [-0.1, -0.05) is 6.42 Å². The molecule has 1 amide bonds. The SMILES string of the molecule is O=C(CC1(C(=O)O)CCC1)NCC1CCCCO1. The lowest BCUT2D eigenvalue weighted by Gasteiger charge is -2.37. The van der Waals surface area contributed by atoms with Crippen molar-refractivity contribution in [2.75, 3.05) is 13.2 Å². The van der Waals surface area contributed by atoms with E-state index < -0.39 is 11.4 Å². The van der Waals surface area contributed by atoms with Crippen LogP contribution in [-0.4, -0.2) is 36.2 Å². The molecule has 1 saturated carbocycles. The maximum atomic E-state index is 11.8. The predicted molar refractivity (Wildman–Crippen MR) is 65.1 cm³/mol. The molecular weight excluding hydrogens is 234 g/mol. The molecule has 1 atom stereocenters. The van der Waals surface area contributed by atoms with Crippen molar-refractivity contribution in [1.29, 1.82) is 0 Å². The number of carbonyl (C=O) groups is 2. The summed E-state index contributed by atoms with van der Waals surface area (Å²) in [4.78, 5) is 22.9. The summed E-state index contributed by atoms with van der Waals surface area (Å²) in [6.45, 7) is 1.27. The van der Waals surface area contributed by atoms with E-state index in [9.17, 15) is 9.59 Å². The molecule has 18 heavy (non-hydrogen) atoms. The van der Waals surface area contributed by atoms with Crippen molar-refractivity contribution in [2.45, 2.75) is 51.0 Å². The van der Waals surface area contributed by atoms with Crippen molar-refractivity contribution >= 4 is 11.9 Å². The molecule has 0 aromatic rings. The van der Waals surface area contributed by atoms with Crippen LogP contribution in [0, 0.1) is 5.41 Å². The fraction of sp³-hybridized carbons (Fsp3) is 0.846. The van der Waals surface area contributed by atoms with E-state index in [0.717, 1.165) is 32.3 Å². The van der Waals surface area contributed by atoms with Crippen LogP contribution in [0.1, 0.15) is 44.9 Å². The third-order valence-corrected chi connectivity index (χ3v) is 4.06. The molecule has 2 rings (SSSR count). The molecule has 1 aliphatic carbocycles. The summed E-state index contributed by atoms with van der Waals surface area (Å²) in [6, 6.07) is 0. The van der Waals surface area contributed by atoms with Crippen LogP contribution in [0.4, 0.5) is 0 Å². The Morgan fingerprint density at radius 3 is 2.56 bits per heavy atom. The van der Waals surface area contributed by atoms with Crippen LogP contribution in [-0.2, 0) is 14.3 Å². The highest BCUT2D eigenvalue weighted by atomic mass is 16.5. The number of carbonyl (C=O) groups excluding carboxylic acids is 1. The van der Waals surface area contributed by atoms with Crippen LogP contribution in [0.2, 0.25) is 0 Å². The first kappa shape index (κ1) is 13.3. The molecular formula is C13H21NO4. The second-order valence-electron chi connectivity index (χ2n) is 5.41. The molecule has 0 aromatic heterocycles. The van der Waals surface area contributed by atoms with Gasteiger partial charge in [-0.05, 0) is 32.1 Å². The molecule has 5 heteroatoms. The first-order chi connectivity index (χ1) is 8.62. The number of amides is 1. The lowest BCUT2D eigenvalue weighted by atomic mass is 9.66. The second-order valence-corrected chi connectivity index (χ2v) is 5.41. The minimum absolute atomic E-state index is 0.102. The number of hydrogen-bond acceptors (Lipinski definition) is 3. The molecule has 0 aromatic carbocycles. The fourth-order valence-electron chi connectivity index (χ4n) is 2.64. The van der Waals surface area contributed by atoms with Gasteiger partial charge in [0.2, 0.25) is 5.91 Å². The smallest absolute Gasteiger partial charge is 0.310 e. The summed E-state index contributed by atoms with van der Waals surface area (Å²) in [7, 11) is 0. The monoisotopic (exact) mass is 255 g/mol. The zero-order chi connectivity index (χ0) is 13.0. The van der Waals surface area contributed by atoms with Crippen molar-refractivity contribution in [3.8, 4) is 0 Å². The largest absolute Gasteiger partial charge is 0.481 e. The van der Waals surface area contributed by atoms with Crippen molar-refractivity contribution in [3.05, 3.63) is 0 Å². The summed E-state index contributed by atoms with van der Waals surface area (Å²) in [5.74, 6) is -0.996. The minimum Gasteiger partial charge on any atom is -0.481 e. The Morgan fingerprint density at radius 1 is 1.28 bits per heavy atom. The van der Waals surface area contributed by atoms with E-state index >= 15 is 0 Å². The molecule has 2 aliphatic rings. The van der Waals surface area contributed by atoms with Crippen molar-refractivity contribution < 1.29 is 19.4 Å². The molecule has 1 unspecified atom stereocenters. The maximum Gasteiger partial charge on any atom is 0.310 e. The lowest BCUT2D eigenvalue weighted by molar-refractivity contribution is -0.157. The normalized spacial score (nSPS) is 26.1. The summed E-state index contributed by atoms with van der Waals surface area (Å²) in [5, 5.41) is 11.9. The number of aliphatic carboxylic acids is 1. The van der Waals surface area contributed by atoms with E-state index in [4.69, 9.17) is 9.84 Å². The second kappa shape index (κ2) is 5.69. The molecule has 2 N–H and O–H groups in total. The average Bonchev–Trinajstić information content (AvgIpc) is 2.32. The first-order valence-electron chi connectivity index (χ1n) is 6.74. The van der Waals surface area contributed by atoms with E-state index in [1.165, 1.54) is 0 Å². The third-order valence-electron chi connectivity index (χ3n) is 4.06. The molecule has 102 valence electrons. The standard InChI is InChI=1S/C13H21NO4/c15-11(8-13(12(16)17)5-3-6-13)14-9-10-4-1-2-7-18-10/h10H,1-9H2,(H,14,15)(H,16,17). The van der Waals surface area contributed by atoms with Gasteiger partial charge in [-0.3, -0.25) is 9.59 Å². The Kier molecular flexibility index (Phi) is 4.22. The topological polar surface area (TPSA) is 75.6 Å². The Morgan fingerprint density at radius 2 is 2.06 bits per heavy atom. The number of rotatable bonds is 5. The van der Waals surface area contributed by atoms with Crippen molar-refractivity contribution in [1.82, 2.24) is 5.32 Å². The van der Waals surface area contributed by atoms with E-state index in [1.807, 2.05) is 0 Å². The summed E-state index contributed by atoms with van der Waals surface area (Å²) in [5.41, 5.74) is -0.794. The minimum atomic E-state index is -0.835. The average molecular weight is 255 g/mol. The number of carboxylic acid groups (broad SMARTS) is 1. The molecule has 0 bridgehead atoms. The number of nitrogens with one attached hydrogen (secondary N) is 1. The van der Waals surface area contributed by atoms with Crippen molar-refractivity contribution in [2.24, 2.45) is 5.41 Å². The van der Waals surface area contributed by atoms with Crippen LogP contribution in [0.25, 0.3) is 0 Å². The Balaban J connectivity index is 1.73. The predicted octanol–water partition coefficient (Wildman–Crippen LogP) is 1.32. The highest BCUT2D eigenvalue weighted by molar-refractivity contribution is 5.85. The Hall–Kier alpha value is -1.10. The third kappa shape index (κ3) is 3.02. The van der Waals surface area contributed by atoms with Gasteiger partial charge in [0.1, 0.15) is 0 Å². The van der Waals surface area contributed by atoms with Crippen LogP contribution < -0.4 is 5.32 Å². The molecule has 1 heterocycles. The van der Waals surface area contributed by atoms with Gasteiger partial charge in [-0.2, -0.15) is 0 Å². The van der Waals surface area contributed by atoms with Crippen LogP contribution >= 0.6 is 0 Å². The van der Waals surface area contributed by atoms with Crippen LogP contribution in [0.5, 0.6) is 0 Å². The van der Waals surface area contributed by atoms with Gasteiger partial charge in [0.25, 0.3) is 0 Å². The van der Waals surface area contributed by atoms with Gasteiger partial charge in [-0.15, -0.1) is 0 Å². The van der Waals surface area contributed by atoms with E-state index in [2.05, 4.69) is 5.32 Å².